The van der Waals surface area contributed by atoms with Crippen molar-refractivity contribution in [2.75, 3.05) is 19.7 Å². The molecule has 4 heteroatoms. The van der Waals surface area contributed by atoms with Gasteiger partial charge in [0.2, 0.25) is 5.91 Å². The molecule has 0 bridgehead atoms. The number of piperidine rings is 1. The van der Waals surface area contributed by atoms with Crippen LogP contribution in [0.1, 0.15) is 52.4 Å². The van der Waals surface area contributed by atoms with Crippen molar-refractivity contribution in [2.24, 2.45) is 11.8 Å². The van der Waals surface area contributed by atoms with Gasteiger partial charge in [0, 0.05) is 6.04 Å². The van der Waals surface area contributed by atoms with E-state index in [1.807, 2.05) is 0 Å². The SMILES string of the molecule is CC(C)C1CCCCC1NC(=O)COC1CCNCC1. The fraction of sp³-hybridized carbons (Fsp3) is 0.938. The molecular formula is C16H30N2O2. The largest absolute Gasteiger partial charge is 0.368 e. The number of ether oxygens (including phenoxy) is 1. The molecule has 0 aromatic heterocycles. The zero-order valence-electron chi connectivity index (χ0n) is 13.0. The van der Waals surface area contributed by atoms with Gasteiger partial charge in [-0.05, 0) is 50.6 Å². The summed E-state index contributed by atoms with van der Waals surface area (Å²) in [7, 11) is 0. The van der Waals surface area contributed by atoms with E-state index >= 15 is 0 Å². The molecule has 1 heterocycles. The van der Waals surface area contributed by atoms with Gasteiger partial charge >= 0.3 is 0 Å². The number of amides is 1. The van der Waals surface area contributed by atoms with Crippen LogP contribution in [0.5, 0.6) is 0 Å². The summed E-state index contributed by atoms with van der Waals surface area (Å²) in [6.45, 7) is 6.77. The van der Waals surface area contributed by atoms with E-state index in [4.69, 9.17) is 4.74 Å². The molecule has 0 aromatic carbocycles. The highest BCUT2D eigenvalue weighted by atomic mass is 16.5. The Kier molecular flexibility index (Phi) is 6.30. The second kappa shape index (κ2) is 7.99. The van der Waals surface area contributed by atoms with Crippen LogP contribution in [0.25, 0.3) is 0 Å². The number of rotatable bonds is 5. The number of hydrogen-bond acceptors (Lipinski definition) is 3. The molecule has 1 saturated heterocycles. The average molecular weight is 282 g/mol. The first-order valence-electron chi connectivity index (χ1n) is 8.28. The van der Waals surface area contributed by atoms with Crippen LogP contribution >= 0.6 is 0 Å². The highest BCUT2D eigenvalue weighted by Crippen LogP contribution is 2.30. The van der Waals surface area contributed by atoms with Crippen LogP contribution in [0.3, 0.4) is 0 Å². The Labute approximate surface area is 123 Å². The fourth-order valence-electron chi connectivity index (χ4n) is 3.54. The molecule has 1 saturated carbocycles. The minimum Gasteiger partial charge on any atom is -0.368 e. The normalized spacial score (nSPS) is 28.6. The quantitative estimate of drug-likeness (QED) is 0.812. The van der Waals surface area contributed by atoms with Gasteiger partial charge in [0.25, 0.3) is 0 Å². The summed E-state index contributed by atoms with van der Waals surface area (Å²) in [6, 6.07) is 0.355. The summed E-state index contributed by atoms with van der Waals surface area (Å²) in [6.07, 6.45) is 7.22. The van der Waals surface area contributed by atoms with E-state index in [2.05, 4.69) is 24.5 Å². The van der Waals surface area contributed by atoms with Gasteiger partial charge in [0.05, 0.1) is 6.10 Å². The van der Waals surface area contributed by atoms with Gasteiger partial charge in [-0.1, -0.05) is 26.7 Å². The molecule has 116 valence electrons. The number of carbonyl (C=O) groups excluding carboxylic acids is 1. The first-order valence-corrected chi connectivity index (χ1v) is 8.28. The maximum Gasteiger partial charge on any atom is 0.246 e. The molecule has 1 aliphatic carbocycles. The Hall–Kier alpha value is -0.610. The van der Waals surface area contributed by atoms with Crippen molar-refractivity contribution >= 4 is 5.91 Å². The van der Waals surface area contributed by atoms with Crippen LogP contribution < -0.4 is 10.6 Å². The van der Waals surface area contributed by atoms with Crippen LogP contribution in [0.2, 0.25) is 0 Å². The van der Waals surface area contributed by atoms with Gasteiger partial charge in [-0.15, -0.1) is 0 Å². The monoisotopic (exact) mass is 282 g/mol. The minimum absolute atomic E-state index is 0.0704. The van der Waals surface area contributed by atoms with Crippen molar-refractivity contribution in [1.82, 2.24) is 10.6 Å². The van der Waals surface area contributed by atoms with Crippen molar-refractivity contribution < 1.29 is 9.53 Å². The summed E-state index contributed by atoms with van der Waals surface area (Å²) in [5, 5.41) is 6.52. The lowest BCUT2D eigenvalue weighted by Gasteiger charge is -2.35. The fourth-order valence-corrected chi connectivity index (χ4v) is 3.54. The Morgan fingerprint density at radius 1 is 1.20 bits per heavy atom. The molecular weight excluding hydrogens is 252 g/mol. The zero-order valence-corrected chi connectivity index (χ0v) is 13.0. The molecule has 4 nitrogen and oxygen atoms in total. The summed E-state index contributed by atoms with van der Waals surface area (Å²) in [5.74, 6) is 1.35. The van der Waals surface area contributed by atoms with Gasteiger partial charge in [0.15, 0.2) is 0 Å². The standard InChI is InChI=1S/C16H30N2O2/c1-12(2)14-5-3-4-6-15(14)18-16(19)11-20-13-7-9-17-10-8-13/h12-15,17H,3-11H2,1-2H3,(H,18,19). The molecule has 2 aliphatic rings. The van der Waals surface area contributed by atoms with E-state index in [9.17, 15) is 4.79 Å². The molecule has 1 aliphatic heterocycles. The molecule has 2 rings (SSSR count). The van der Waals surface area contributed by atoms with E-state index < -0.39 is 0 Å². The van der Waals surface area contributed by atoms with Gasteiger partial charge in [0.1, 0.15) is 6.61 Å². The van der Waals surface area contributed by atoms with Crippen molar-refractivity contribution in [3.05, 3.63) is 0 Å². The lowest BCUT2D eigenvalue weighted by atomic mass is 9.78. The summed E-state index contributed by atoms with van der Waals surface area (Å²) in [4.78, 5) is 12.1. The van der Waals surface area contributed by atoms with Crippen molar-refractivity contribution in [3.8, 4) is 0 Å². The smallest absolute Gasteiger partial charge is 0.246 e. The first-order chi connectivity index (χ1) is 9.66. The predicted octanol–water partition coefficient (Wildman–Crippen LogP) is 2.09. The third-order valence-electron chi connectivity index (χ3n) is 4.76. The Balaban J connectivity index is 1.72. The maximum atomic E-state index is 12.1. The third-order valence-corrected chi connectivity index (χ3v) is 4.76. The summed E-state index contributed by atoms with van der Waals surface area (Å²) in [5.41, 5.74) is 0. The molecule has 2 N–H and O–H groups in total. The van der Waals surface area contributed by atoms with Crippen LogP contribution in [-0.2, 0) is 9.53 Å². The topological polar surface area (TPSA) is 50.4 Å². The highest BCUT2D eigenvalue weighted by Gasteiger charge is 2.28. The van der Waals surface area contributed by atoms with Gasteiger partial charge < -0.3 is 15.4 Å². The minimum atomic E-state index is 0.0704. The molecule has 1 amide bonds. The summed E-state index contributed by atoms with van der Waals surface area (Å²) >= 11 is 0. The average Bonchev–Trinajstić information content (AvgIpc) is 2.46. The van der Waals surface area contributed by atoms with Crippen molar-refractivity contribution in [2.45, 2.75) is 64.5 Å². The van der Waals surface area contributed by atoms with Crippen molar-refractivity contribution in [1.29, 1.82) is 0 Å². The molecule has 2 unspecified atom stereocenters. The van der Waals surface area contributed by atoms with E-state index in [-0.39, 0.29) is 18.6 Å². The number of hydrogen-bond donors (Lipinski definition) is 2. The predicted molar refractivity (Wildman–Crippen MR) is 80.6 cm³/mol. The molecule has 0 aromatic rings. The van der Waals surface area contributed by atoms with Gasteiger partial charge in [-0.2, -0.15) is 0 Å². The Bertz CT molecular complexity index is 301. The van der Waals surface area contributed by atoms with E-state index in [1.165, 1.54) is 19.3 Å². The molecule has 2 atom stereocenters. The van der Waals surface area contributed by atoms with E-state index in [0.29, 0.717) is 17.9 Å². The number of carbonyl (C=O) groups is 1. The Morgan fingerprint density at radius 3 is 2.60 bits per heavy atom. The third kappa shape index (κ3) is 4.74. The van der Waals surface area contributed by atoms with Gasteiger partial charge in [-0.25, -0.2) is 0 Å². The van der Waals surface area contributed by atoms with Crippen LogP contribution in [0, 0.1) is 11.8 Å². The van der Waals surface area contributed by atoms with Crippen LogP contribution in [0.4, 0.5) is 0 Å². The molecule has 2 fully saturated rings. The zero-order chi connectivity index (χ0) is 14.4. The second-order valence-corrected chi connectivity index (χ2v) is 6.63. The van der Waals surface area contributed by atoms with Crippen LogP contribution in [0.15, 0.2) is 0 Å². The molecule has 0 radical (unpaired) electrons. The maximum absolute atomic E-state index is 12.1. The first kappa shape index (κ1) is 15.8. The number of nitrogens with one attached hydrogen (secondary N) is 2. The second-order valence-electron chi connectivity index (χ2n) is 6.63. The highest BCUT2D eigenvalue weighted by molar-refractivity contribution is 5.77. The Morgan fingerprint density at radius 2 is 1.90 bits per heavy atom. The molecule has 0 spiro atoms. The van der Waals surface area contributed by atoms with E-state index in [1.54, 1.807) is 0 Å². The van der Waals surface area contributed by atoms with Crippen LogP contribution in [-0.4, -0.2) is 37.7 Å². The van der Waals surface area contributed by atoms with Gasteiger partial charge in [-0.3, -0.25) is 4.79 Å². The molecule has 20 heavy (non-hydrogen) atoms. The van der Waals surface area contributed by atoms with Crippen molar-refractivity contribution in [3.63, 3.8) is 0 Å². The lowest BCUT2D eigenvalue weighted by Crippen LogP contribution is -2.45. The lowest BCUT2D eigenvalue weighted by molar-refractivity contribution is -0.129. The van der Waals surface area contributed by atoms with E-state index in [0.717, 1.165) is 32.4 Å². The summed E-state index contributed by atoms with van der Waals surface area (Å²) < 4.78 is 5.73.